The lowest BCUT2D eigenvalue weighted by Crippen LogP contribution is -2.29. The maximum atomic E-state index is 13.5. The first kappa shape index (κ1) is 26.8. The number of halogens is 2. The Morgan fingerprint density at radius 2 is 1.88 bits per heavy atom. The van der Waals surface area contributed by atoms with Crippen molar-refractivity contribution in [3.63, 3.8) is 0 Å². The molecule has 0 unspecified atom stereocenters. The number of amides is 1. The van der Waals surface area contributed by atoms with Crippen molar-refractivity contribution in [1.82, 2.24) is 10.2 Å². The van der Waals surface area contributed by atoms with Crippen molar-refractivity contribution in [3.8, 4) is 5.75 Å². The third-order valence-electron chi connectivity index (χ3n) is 6.66. The van der Waals surface area contributed by atoms with Gasteiger partial charge in [0, 0.05) is 27.8 Å². The van der Waals surface area contributed by atoms with E-state index in [1.807, 2.05) is 31.2 Å². The second-order valence-electron chi connectivity index (χ2n) is 9.44. The molecule has 1 amide bonds. The van der Waals surface area contributed by atoms with E-state index in [2.05, 4.69) is 10.2 Å². The molecule has 202 valence electrons. The number of nitrogens with zero attached hydrogens (tertiary/aromatic N) is 3. The van der Waals surface area contributed by atoms with Crippen LogP contribution in [-0.2, 0) is 21.8 Å². The third-order valence-corrected chi connectivity index (χ3v) is 9.27. The first-order chi connectivity index (χ1) is 19.3. The smallest absolute Gasteiger partial charge is 0.301 e. The Balaban J connectivity index is 1.38. The van der Waals surface area contributed by atoms with Crippen LogP contribution in [0.15, 0.2) is 76.6 Å². The highest BCUT2D eigenvalue weighted by Crippen LogP contribution is 2.45. The monoisotopic (exact) mass is 609 g/mol. The number of ether oxygens (including phenoxy) is 1. The Hall–Kier alpha value is -3.37. The minimum Gasteiger partial charge on any atom is -0.507 e. The van der Waals surface area contributed by atoms with Gasteiger partial charge in [0.2, 0.25) is 5.13 Å². The molecule has 0 spiro atoms. The number of benzene rings is 3. The van der Waals surface area contributed by atoms with Crippen LogP contribution in [0, 0.1) is 0 Å². The summed E-state index contributed by atoms with van der Waals surface area (Å²) in [5.41, 5.74) is 2.94. The van der Waals surface area contributed by atoms with Crippen molar-refractivity contribution >= 4 is 68.9 Å². The number of carbonyl (C=O) groups excluding carboxylic acids is 2. The lowest BCUT2D eigenvalue weighted by Gasteiger charge is -2.22. The molecular formula is C29H21Cl2N3O4S2. The largest absolute Gasteiger partial charge is 0.507 e. The molecule has 0 saturated carbocycles. The number of rotatable bonds is 6. The lowest BCUT2D eigenvalue weighted by atomic mass is 9.94. The zero-order chi connectivity index (χ0) is 28.0. The van der Waals surface area contributed by atoms with Gasteiger partial charge in [-0.15, -0.1) is 10.2 Å². The van der Waals surface area contributed by atoms with Crippen molar-refractivity contribution in [2.75, 3.05) is 4.90 Å². The predicted molar refractivity (Wildman–Crippen MR) is 157 cm³/mol. The van der Waals surface area contributed by atoms with E-state index < -0.39 is 17.7 Å². The number of hydrogen-bond acceptors (Lipinski definition) is 8. The summed E-state index contributed by atoms with van der Waals surface area (Å²) in [6.45, 7) is 1.97. The van der Waals surface area contributed by atoms with Gasteiger partial charge in [-0.05, 0) is 66.1 Å². The summed E-state index contributed by atoms with van der Waals surface area (Å²) < 4.78 is 6.41. The molecule has 0 aliphatic carbocycles. The van der Waals surface area contributed by atoms with E-state index in [0.29, 0.717) is 37.7 Å². The van der Waals surface area contributed by atoms with Crippen molar-refractivity contribution in [1.29, 1.82) is 0 Å². The fraction of sp³-hybridized carbons (Fsp3) is 0.172. The molecule has 1 aromatic heterocycles. The zero-order valence-electron chi connectivity index (χ0n) is 21.0. The van der Waals surface area contributed by atoms with Crippen LogP contribution >= 0.6 is 46.3 Å². The van der Waals surface area contributed by atoms with Crippen LogP contribution < -0.4 is 9.64 Å². The van der Waals surface area contributed by atoms with Gasteiger partial charge in [0.1, 0.15) is 17.6 Å². The minimum absolute atomic E-state index is 0.0218. The minimum atomic E-state index is -0.941. The quantitative estimate of drug-likeness (QED) is 0.0820. The van der Waals surface area contributed by atoms with Crippen LogP contribution in [0.2, 0.25) is 10.0 Å². The van der Waals surface area contributed by atoms with Crippen LogP contribution in [0.4, 0.5) is 5.13 Å². The van der Waals surface area contributed by atoms with E-state index in [1.54, 1.807) is 42.5 Å². The van der Waals surface area contributed by atoms with Gasteiger partial charge in [0.05, 0.1) is 11.6 Å². The maximum absolute atomic E-state index is 13.5. The summed E-state index contributed by atoms with van der Waals surface area (Å²) in [7, 11) is 0. The molecule has 1 N–H and O–H groups in total. The SMILES string of the molecule is C[C@H]1Cc2cc(C(O)=C3C(=O)C(=O)N(c4nnc(SCc5ccc(Cl)cc5)s4)[C@H]3c3cccc(Cl)c3)ccc2O1. The highest BCUT2D eigenvalue weighted by Gasteiger charge is 2.48. The van der Waals surface area contributed by atoms with Crippen LogP contribution in [-0.4, -0.2) is 33.1 Å². The van der Waals surface area contributed by atoms with Crippen molar-refractivity contribution in [2.24, 2.45) is 0 Å². The summed E-state index contributed by atoms with van der Waals surface area (Å²) >= 11 is 14.9. The molecule has 0 radical (unpaired) electrons. The van der Waals surface area contributed by atoms with E-state index in [-0.39, 0.29) is 22.6 Å². The Labute approximate surface area is 248 Å². The average Bonchev–Trinajstić information content (AvgIpc) is 3.63. The summed E-state index contributed by atoms with van der Waals surface area (Å²) in [5.74, 6) is -0.500. The van der Waals surface area contributed by atoms with E-state index in [9.17, 15) is 14.7 Å². The van der Waals surface area contributed by atoms with Crippen molar-refractivity contribution < 1.29 is 19.4 Å². The molecule has 3 aromatic carbocycles. The van der Waals surface area contributed by atoms with Gasteiger partial charge in [0.15, 0.2) is 4.34 Å². The van der Waals surface area contributed by atoms with Crippen LogP contribution in [0.5, 0.6) is 5.75 Å². The van der Waals surface area contributed by atoms with Crippen LogP contribution in [0.25, 0.3) is 5.76 Å². The molecule has 2 atom stereocenters. The van der Waals surface area contributed by atoms with Crippen molar-refractivity contribution in [2.45, 2.75) is 35.6 Å². The van der Waals surface area contributed by atoms with Gasteiger partial charge in [-0.3, -0.25) is 14.5 Å². The summed E-state index contributed by atoms with van der Waals surface area (Å²) in [5, 5.41) is 21.3. The van der Waals surface area contributed by atoms with E-state index in [1.165, 1.54) is 28.0 Å². The second-order valence-corrected chi connectivity index (χ2v) is 12.5. The first-order valence-corrected chi connectivity index (χ1v) is 14.9. The molecule has 3 heterocycles. The number of carbonyl (C=O) groups is 2. The number of anilines is 1. The fourth-order valence-corrected chi connectivity index (χ4v) is 6.98. The van der Waals surface area contributed by atoms with E-state index in [0.717, 1.165) is 16.9 Å². The number of aromatic nitrogens is 2. The first-order valence-electron chi connectivity index (χ1n) is 12.4. The van der Waals surface area contributed by atoms with Crippen LogP contribution in [0.1, 0.15) is 35.2 Å². The van der Waals surface area contributed by atoms with Gasteiger partial charge in [0.25, 0.3) is 5.78 Å². The molecular weight excluding hydrogens is 589 g/mol. The second kappa shape index (κ2) is 10.9. The van der Waals surface area contributed by atoms with E-state index >= 15 is 0 Å². The highest BCUT2D eigenvalue weighted by atomic mass is 35.5. The van der Waals surface area contributed by atoms with Gasteiger partial charge in [-0.2, -0.15) is 0 Å². The number of Topliss-reactive ketones (excluding diaryl/α,β-unsaturated/α-hetero) is 1. The maximum Gasteiger partial charge on any atom is 0.301 e. The molecule has 6 rings (SSSR count). The Kier molecular flexibility index (Phi) is 7.31. The number of aliphatic hydroxyl groups is 1. The van der Waals surface area contributed by atoms with Crippen LogP contribution in [0.3, 0.4) is 0 Å². The average molecular weight is 611 g/mol. The molecule has 7 nitrogen and oxygen atoms in total. The number of hydrogen-bond donors (Lipinski definition) is 1. The van der Waals surface area contributed by atoms with Gasteiger partial charge in [-0.1, -0.05) is 70.6 Å². The van der Waals surface area contributed by atoms with Gasteiger partial charge < -0.3 is 9.84 Å². The fourth-order valence-electron chi connectivity index (χ4n) is 4.83. The molecule has 40 heavy (non-hydrogen) atoms. The molecule has 1 fully saturated rings. The Bertz CT molecular complexity index is 1670. The third kappa shape index (κ3) is 5.10. The number of thioether (sulfide) groups is 1. The van der Waals surface area contributed by atoms with E-state index in [4.69, 9.17) is 27.9 Å². The summed E-state index contributed by atoms with van der Waals surface area (Å²) in [4.78, 5) is 28.2. The number of aliphatic hydroxyl groups excluding tert-OH is 1. The predicted octanol–water partition coefficient (Wildman–Crippen LogP) is 7.09. The lowest BCUT2D eigenvalue weighted by molar-refractivity contribution is -0.132. The number of fused-ring (bicyclic) bond motifs is 1. The standard InChI is InChI=1S/C29H21Cl2N3O4S2/c1-15-11-19-12-18(7-10-22(19)38-15)25(35)23-24(17-3-2-4-21(31)13-17)34(27(37)26(23)36)28-32-33-29(40-28)39-14-16-5-8-20(30)9-6-16/h2-10,12-13,15,24,35H,11,14H2,1H3/t15-,24-/m0/s1. The number of ketones is 1. The molecule has 4 aromatic rings. The van der Waals surface area contributed by atoms with Gasteiger partial charge in [-0.25, -0.2) is 0 Å². The highest BCUT2D eigenvalue weighted by molar-refractivity contribution is 8.00. The summed E-state index contributed by atoms with van der Waals surface area (Å²) in [6, 6.07) is 18.7. The molecule has 2 aliphatic heterocycles. The molecule has 11 heteroatoms. The topological polar surface area (TPSA) is 92.6 Å². The molecule has 2 aliphatic rings. The summed E-state index contributed by atoms with van der Waals surface area (Å²) in [6.07, 6.45) is 0.706. The normalized spacial score (nSPS) is 19.6. The molecule has 1 saturated heterocycles. The van der Waals surface area contributed by atoms with Gasteiger partial charge >= 0.3 is 5.91 Å². The zero-order valence-corrected chi connectivity index (χ0v) is 24.2. The molecule has 0 bridgehead atoms. The Morgan fingerprint density at radius 1 is 1.07 bits per heavy atom. The van der Waals surface area contributed by atoms with Crippen molar-refractivity contribution in [3.05, 3.63) is 105 Å². The Morgan fingerprint density at radius 3 is 2.65 bits per heavy atom.